The van der Waals surface area contributed by atoms with Crippen LogP contribution in [0.5, 0.6) is 5.75 Å². The minimum atomic E-state index is 0.237. The molecule has 3 heterocycles. The van der Waals surface area contributed by atoms with Crippen molar-refractivity contribution in [3.63, 3.8) is 0 Å². The van der Waals surface area contributed by atoms with Crippen LogP contribution in [-0.2, 0) is 0 Å². The topological polar surface area (TPSA) is 46.0 Å². The second-order valence-electron chi connectivity index (χ2n) is 9.55. The van der Waals surface area contributed by atoms with E-state index < -0.39 is 0 Å². The molecule has 5 heteroatoms. The molecular formula is C34H20N2OS2. The lowest BCUT2D eigenvalue weighted by atomic mass is 10.0. The average Bonchev–Trinajstić information content (AvgIpc) is 3.59. The van der Waals surface area contributed by atoms with E-state index in [9.17, 15) is 5.11 Å². The van der Waals surface area contributed by atoms with Gasteiger partial charge in [-0.05, 0) is 35.0 Å². The number of aromatic nitrogens is 2. The molecule has 5 aromatic carbocycles. The van der Waals surface area contributed by atoms with Crippen molar-refractivity contribution >= 4 is 63.8 Å². The summed E-state index contributed by atoms with van der Waals surface area (Å²) in [4.78, 5) is 10.3. The van der Waals surface area contributed by atoms with Gasteiger partial charge in [0.1, 0.15) is 10.8 Å². The zero-order valence-corrected chi connectivity index (χ0v) is 22.3. The Kier molecular flexibility index (Phi) is 5.02. The highest BCUT2D eigenvalue weighted by Crippen LogP contribution is 2.45. The number of thiophene rings is 1. The zero-order valence-electron chi connectivity index (χ0n) is 20.6. The fraction of sp³-hybridized carbons (Fsp3) is 0. The maximum absolute atomic E-state index is 10.5. The van der Waals surface area contributed by atoms with Crippen molar-refractivity contribution in [2.45, 2.75) is 0 Å². The number of fused-ring (bicyclic) bond motifs is 6. The van der Waals surface area contributed by atoms with Gasteiger partial charge in [-0.25, -0.2) is 9.97 Å². The van der Waals surface area contributed by atoms with Gasteiger partial charge in [0.15, 0.2) is 0 Å². The highest BCUT2D eigenvalue weighted by Gasteiger charge is 2.19. The SMILES string of the molecule is Oc1ccccc1-c1nc2c(-c3cc4c(sc5c6ccccc6ccc45)c(-c4ccccc4)n3)cccc2s1. The highest BCUT2D eigenvalue weighted by atomic mass is 32.1. The maximum atomic E-state index is 10.5. The largest absolute Gasteiger partial charge is 0.507 e. The van der Waals surface area contributed by atoms with Crippen LogP contribution in [0.15, 0.2) is 115 Å². The normalized spacial score (nSPS) is 11.7. The Morgan fingerprint density at radius 1 is 0.564 bits per heavy atom. The Balaban J connectivity index is 1.43. The Morgan fingerprint density at radius 2 is 1.36 bits per heavy atom. The van der Waals surface area contributed by atoms with Crippen LogP contribution in [0.25, 0.3) is 74.2 Å². The molecule has 0 aliphatic carbocycles. The van der Waals surface area contributed by atoms with E-state index in [0.29, 0.717) is 0 Å². The predicted octanol–water partition coefficient (Wildman–Crippen LogP) is 9.92. The van der Waals surface area contributed by atoms with Crippen LogP contribution in [0, 0.1) is 0 Å². The summed E-state index contributed by atoms with van der Waals surface area (Å²) in [5.74, 6) is 0.237. The molecule has 39 heavy (non-hydrogen) atoms. The fourth-order valence-corrected chi connectivity index (χ4v) is 7.71. The zero-order chi connectivity index (χ0) is 25.9. The average molecular weight is 537 g/mol. The molecule has 0 atom stereocenters. The smallest absolute Gasteiger partial charge is 0.128 e. The Labute approximate surface area is 232 Å². The summed E-state index contributed by atoms with van der Waals surface area (Å²) in [7, 11) is 0. The second-order valence-corrected chi connectivity index (χ2v) is 11.6. The van der Waals surface area contributed by atoms with Gasteiger partial charge in [-0.15, -0.1) is 22.7 Å². The minimum absolute atomic E-state index is 0.237. The van der Waals surface area contributed by atoms with Crippen molar-refractivity contribution in [2.75, 3.05) is 0 Å². The monoisotopic (exact) mass is 536 g/mol. The molecule has 0 saturated carbocycles. The molecule has 0 saturated heterocycles. The first-order chi connectivity index (χ1) is 19.2. The van der Waals surface area contributed by atoms with Gasteiger partial charge in [-0.2, -0.15) is 0 Å². The van der Waals surface area contributed by atoms with Gasteiger partial charge >= 0.3 is 0 Å². The number of phenolic OH excluding ortho intramolecular Hbond substituents is 1. The number of pyridine rings is 1. The summed E-state index contributed by atoms with van der Waals surface area (Å²) >= 11 is 3.41. The summed E-state index contributed by atoms with van der Waals surface area (Å²) in [6.07, 6.45) is 0. The Morgan fingerprint density at radius 3 is 2.26 bits per heavy atom. The molecule has 3 nitrogen and oxygen atoms in total. The van der Waals surface area contributed by atoms with E-state index >= 15 is 0 Å². The molecule has 8 aromatic rings. The molecule has 0 amide bonds. The highest BCUT2D eigenvalue weighted by molar-refractivity contribution is 7.27. The van der Waals surface area contributed by atoms with Gasteiger partial charge in [0.25, 0.3) is 0 Å². The van der Waals surface area contributed by atoms with E-state index in [1.807, 2.05) is 35.6 Å². The number of benzene rings is 5. The van der Waals surface area contributed by atoms with Crippen molar-refractivity contribution in [3.05, 3.63) is 115 Å². The minimum Gasteiger partial charge on any atom is -0.507 e. The summed E-state index contributed by atoms with van der Waals surface area (Å²) in [6.45, 7) is 0. The van der Waals surface area contributed by atoms with Crippen LogP contribution in [0.3, 0.4) is 0 Å². The lowest BCUT2D eigenvalue weighted by Gasteiger charge is -2.08. The van der Waals surface area contributed by atoms with Gasteiger partial charge < -0.3 is 5.11 Å². The number of hydrogen-bond acceptors (Lipinski definition) is 5. The molecule has 0 fully saturated rings. The van der Waals surface area contributed by atoms with E-state index in [2.05, 4.69) is 84.9 Å². The third kappa shape index (κ3) is 3.55. The summed E-state index contributed by atoms with van der Waals surface area (Å²) in [5.41, 5.74) is 5.62. The predicted molar refractivity (Wildman–Crippen MR) is 166 cm³/mol. The van der Waals surface area contributed by atoms with E-state index in [4.69, 9.17) is 9.97 Å². The molecule has 0 spiro atoms. The van der Waals surface area contributed by atoms with Gasteiger partial charge in [-0.1, -0.05) is 91.0 Å². The molecule has 0 bridgehead atoms. The van der Waals surface area contributed by atoms with E-state index in [1.165, 1.54) is 30.9 Å². The maximum Gasteiger partial charge on any atom is 0.128 e. The molecular weight excluding hydrogens is 517 g/mol. The first-order valence-corrected chi connectivity index (χ1v) is 14.4. The Bertz CT molecular complexity index is 2200. The van der Waals surface area contributed by atoms with Crippen molar-refractivity contribution in [2.24, 2.45) is 0 Å². The van der Waals surface area contributed by atoms with Crippen LogP contribution < -0.4 is 0 Å². The number of rotatable bonds is 3. The lowest BCUT2D eigenvalue weighted by Crippen LogP contribution is -1.90. The number of hydrogen-bond donors (Lipinski definition) is 1. The molecule has 184 valence electrons. The van der Waals surface area contributed by atoms with Crippen LogP contribution in [-0.4, -0.2) is 15.1 Å². The number of nitrogens with zero attached hydrogens (tertiary/aromatic N) is 2. The van der Waals surface area contributed by atoms with Gasteiger partial charge in [0.05, 0.1) is 31.9 Å². The lowest BCUT2D eigenvalue weighted by molar-refractivity contribution is 0.477. The van der Waals surface area contributed by atoms with Crippen LogP contribution in [0.4, 0.5) is 0 Å². The first-order valence-electron chi connectivity index (χ1n) is 12.7. The summed E-state index contributed by atoms with van der Waals surface area (Å²) in [6, 6.07) is 39.3. The molecule has 0 radical (unpaired) electrons. The molecule has 0 aliphatic heterocycles. The van der Waals surface area contributed by atoms with Crippen molar-refractivity contribution < 1.29 is 5.11 Å². The van der Waals surface area contributed by atoms with Gasteiger partial charge in [0, 0.05) is 26.6 Å². The van der Waals surface area contributed by atoms with Crippen LogP contribution >= 0.6 is 22.7 Å². The van der Waals surface area contributed by atoms with Crippen molar-refractivity contribution in [3.8, 4) is 38.8 Å². The molecule has 0 aliphatic rings. The van der Waals surface area contributed by atoms with Crippen molar-refractivity contribution in [1.82, 2.24) is 9.97 Å². The summed E-state index contributed by atoms with van der Waals surface area (Å²) < 4.78 is 3.54. The van der Waals surface area contributed by atoms with Gasteiger partial charge in [-0.3, -0.25) is 0 Å². The number of thiazole rings is 1. The molecule has 3 aromatic heterocycles. The quantitative estimate of drug-likeness (QED) is 0.244. The molecule has 0 unspecified atom stereocenters. The third-order valence-electron chi connectivity index (χ3n) is 7.22. The fourth-order valence-electron chi connectivity index (χ4n) is 5.36. The standard InChI is InChI=1S/C34H20N2OS2/c37-28-15-7-6-13-25(28)34-36-31-24(14-8-16-29(31)38-34)27-19-26-23-18-17-20-9-4-5-12-22(20)32(23)39-33(26)30(35-27)21-10-2-1-3-11-21/h1-19,37H. The van der Waals surface area contributed by atoms with Crippen LogP contribution in [0.1, 0.15) is 0 Å². The Hall–Kier alpha value is -4.58. The number of para-hydroxylation sites is 2. The van der Waals surface area contributed by atoms with E-state index in [-0.39, 0.29) is 5.75 Å². The van der Waals surface area contributed by atoms with E-state index in [0.717, 1.165) is 43.3 Å². The molecule has 8 rings (SSSR count). The summed E-state index contributed by atoms with van der Waals surface area (Å²) in [5, 5.41) is 16.2. The first kappa shape index (κ1) is 22.4. The third-order valence-corrected chi connectivity index (χ3v) is 9.54. The number of aromatic hydroxyl groups is 1. The van der Waals surface area contributed by atoms with Gasteiger partial charge in [0.2, 0.25) is 0 Å². The van der Waals surface area contributed by atoms with Crippen molar-refractivity contribution in [1.29, 1.82) is 0 Å². The number of phenols is 1. The van der Waals surface area contributed by atoms with E-state index in [1.54, 1.807) is 17.4 Å². The van der Waals surface area contributed by atoms with Crippen LogP contribution in [0.2, 0.25) is 0 Å². The molecule has 1 N–H and O–H groups in total. The second kappa shape index (κ2) is 8.73.